The molecule has 1 amide bonds. The van der Waals surface area contributed by atoms with Crippen molar-refractivity contribution >= 4 is 29.1 Å². The van der Waals surface area contributed by atoms with Gasteiger partial charge < -0.3 is 15.1 Å². The summed E-state index contributed by atoms with van der Waals surface area (Å²) >= 11 is 1.24. The zero-order chi connectivity index (χ0) is 23.2. The van der Waals surface area contributed by atoms with Crippen LogP contribution in [0, 0.1) is 11.3 Å². The number of thioether (sulfide) groups is 1. The van der Waals surface area contributed by atoms with Gasteiger partial charge in [-0.3, -0.25) is 9.59 Å². The molecule has 6 nitrogen and oxygen atoms in total. The van der Waals surface area contributed by atoms with Crippen molar-refractivity contribution in [2.75, 3.05) is 11.1 Å². The molecule has 164 valence electrons. The first-order valence-electron chi connectivity index (χ1n) is 10.3. The summed E-state index contributed by atoms with van der Waals surface area (Å²) < 4.78 is 5.62. The predicted octanol–water partition coefficient (Wildman–Crippen LogP) is 5.23. The molecule has 0 saturated carbocycles. The average Bonchev–Trinajstić information content (AvgIpc) is 3.37. The molecule has 0 fully saturated rings. The van der Waals surface area contributed by atoms with E-state index in [-0.39, 0.29) is 17.4 Å². The van der Waals surface area contributed by atoms with Gasteiger partial charge in [0.15, 0.2) is 5.78 Å². The van der Waals surface area contributed by atoms with E-state index in [1.54, 1.807) is 43.3 Å². The number of allylic oxidation sites excluding steroid dienone is 2. The van der Waals surface area contributed by atoms with Crippen LogP contribution in [0.1, 0.15) is 29.0 Å². The van der Waals surface area contributed by atoms with E-state index in [0.717, 1.165) is 0 Å². The second-order valence-corrected chi connectivity index (χ2v) is 8.35. The number of anilines is 1. The molecule has 3 aromatic rings. The van der Waals surface area contributed by atoms with Gasteiger partial charge in [0.1, 0.15) is 5.76 Å². The first-order valence-corrected chi connectivity index (χ1v) is 11.3. The molecule has 0 radical (unpaired) electrons. The van der Waals surface area contributed by atoms with Gasteiger partial charge in [-0.15, -0.1) is 0 Å². The number of amides is 1. The summed E-state index contributed by atoms with van der Waals surface area (Å²) in [4.78, 5) is 25.9. The van der Waals surface area contributed by atoms with Gasteiger partial charge in [0.2, 0.25) is 0 Å². The quantitative estimate of drug-likeness (QED) is 0.474. The molecule has 0 aliphatic carbocycles. The number of Topliss-reactive ketones (excluding diaryl/α,β-unsaturated/α-hetero) is 1. The molecule has 2 N–H and O–H groups in total. The van der Waals surface area contributed by atoms with Gasteiger partial charge >= 0.3 is 0 Å². The first kappa shape index (κ1) is 22.2. The molecule has 1 aliphatic heterocycles. The summed E-state index contributed by atoms with van der Waals surface area (Å²) in [6.45, 7) is 1.78. The van der Waals surface area contributed by atoms with Gasteiger partial charge in [0.05, 0.1) is 40.2 Å². The summed E-state index contributed by atoms with van der Waals surface area (Å²) in [5.41, 5.74) is 2.58. The minimum absolute atomic E-state index is 0.0454. The molecule has 2 heterocycles. The lowest BCUT2D eigenvalue weighted by atomic mass is 9.85. The number of hydrogen-bond donors (Lipinski definition) is 2. The van der Waals surface area contributed by atoms with E-state index in [1.807, 2.05) is 36.4 Å². The van der Waals surface area contributed by atoms with Crippen LogP contribution in [-0.4, -0.2) is 17.4 Å². The minimum Gasteiger partial charge on any atom is -0.468 e. The monoisotopic (exact) mass is 455 g/mol. The highest BCUT2D eigenvalue weighted by molar-refractivity contribution is 8.03. The van der Waals surface area contributed by atoms with Gasteiger partial charge in [-0.2, -0.15) is 5.26 Å². The molecule has 1 aliphatic rings. The maximum absolute atomic E-state index is 13.3. The summed E-state index contributed by atoms with van der Waals surface area (Å²) in [6.07, 6.45) is 1.51. The van der Waals surface area contributed by atoms with E-state index in [0.29, 0.717) is 38.9 Å². The lowest BCUT2D eigenvalue weighted by molar-refractivity contribution is -0.113. The average molecular weight is 456 g/mol. The number of nitrogens with zero attached hydrogens (tertiary/aromatic N) is 1. The summed E-state index contributed by atoms with van der Waals surface area (Å²) in [7, 11) is 0. The van der Waals surface area contributed by atoms with Crippen LogP contribution >= 0.6 is 11.8 Å². The largest absolute Gasteiger partial charge is 0.468 e. The van der Waals surface area contributed by atoms with Crippen molar-refractivity contribution in [2.45, 2.75) is 12.8 Å². The van der Waals surface area contributed by atoms with Crippen LogP contribution < -0.4 is 10.6 Å². The highest BCUT2D eigenvalue weighted by Gasteiger charge is 2.36. The number of hydrogen-bond acceptors (Lipinski definition) is 6. The maximum atomic E-state index is 13.3. The molecule has 2 aromatic carbocycles. The predicted molar refractivity (Wildman–Crippen MR) is 128 cm³/mol. The number of carbonyl (C=O) groups excluding carboxylic acids is 2. The topological polar surface area (TPSA) is 95.1 Å². The van der Waals surface area contributed by atoms with E-state index in [4.69, 9.17) is 4.42 Å². The number of carbonyl (C=O) groups is 2. The van der Waals surface area contributed by atoms with Gasteiger partial charge in [0.25, 0.3) is 5.91 Å². The van der Waals surface area contributed by atoms with E-state index >= 15 is 0 Å². The van der Waals surface area contributed by atoms with Crippen molar-refractivity contribution < 1.29 is 14.0 Å². The highest BCUT2D eigenvalue weighted by Crippen LogP contribution is 2.41. The second kappa shape index (κ2) is 10.1. The van der Waals surface area contributed by atoms with Crippen LogP contribution in [0.25, 0.3) is 0 Å². The SMILES string of the molecule is CC1=C(C(=O)Nc2ccccc2)[C@@H](c2ccco2)C(C#N)=C(SCC(=O)c2ccccc2)N1. The van der Waals surface area contributed by atoms with Crippen LogP contribution in [0.4, 0.5) is 5.69 Å². The third-order valence-electron chi connectivity index (χ3n) is 5.19. The van der Waals surface area contributed by atoms with Gasteiger partial charge in [0, 0.05) is 16.9 Å². The van der Waals surface area contributed by atoms with Crippen molar-refractivity contribution in [1.29, 1.82) is 5.26 Å². The minimum atomic E-state index is -0.690. The third-order valence-corrected chi connectivity index (χ3v) is 6.21. The lowest BCUT2D eigenvalue weighted by Gasteiger charge is -2.28. The van der Waals surface area contributed by atoms with Gasteiger partial charge in [-0.1, -0.05) is 60.3 Å². The Morgan fingerprint density at radius 2 is 1.76 bits per heavy atom. The molecule has 1 aromatic heterocycles. The number of rotatable bonds is 7. The smallest absolute Gasteiger partial charge is 0.254 e. The van der Waals surface area contributed by atoms with Crippen LogP contribution in [0.15, 0.2) is 105 Å². The number of para-hydroxylation sites is 1. The molecule has 0 bridgehead atoms. The molecular weight excluding hydrogens is 434 g/mol. The van der Waals surface area contributed by atoms with Crippen molar-refractivity contribution in [3.8, 4) is 6.07 Å². The zero-order valence-corrected chi connectivity index (χ0v) is 18.7. The highest BCUT2D eigenvalue weighted by atomic mass is 32.2. The Morgan fingerprint density at radius 3 is 2.39 bits per heavy atom. The Hall–Kier alpha value is -4.02. The Morgan fingerprint density at radius 1 is 1.06 bits per heavy atom. The molecule has 1 atom stereocenters. The standard InChI is InChI=1S/C26H21N3O3S/c1-17-23(25(31)29-19-11-6-3-7-12-19)24(22-13-8-14-32-22)20(15-27)26(28-17)33-16-21(30)18-9-4-2-5-10-18/h2-14,24,28H,16H2,1H3,(H,29,31)/t24-/m1/s1. The molecule has 33 heavy (non-hydrogen) atoms. The van der Waals surface area contributed by atoms with E-state index in [1.165, 1.54) is 18.0 Å². The Kier molecular flexibility index (Phi) is 6.77. The lowest BCUT2D eigenvalue weighted by Crippen LogP contribution is -2.30. The second-order valence-electron chi connectivity index (χ2n) is 7.36. The molecule has 0 saturated heterocycles. The Bertz CT molecular complexity index is 1260. The molecule has 0 spiro atoms. The zero-order valence-electron chi connectivity index (χ0n) is 17.9. The van der Waals surface area contributed by atoms with Crippen LogP contribution in [0.2, 0.25) is 0 Å². The number of benzene rings is 2. The molecule has 0 unspecified atom stereocenters. The number of dihydropyridines is 1. The van der Waals surface area contributed by atoms with Crippen LogP contribution in [0.5, 0.6) is 0 Å². The Balaban J connectivity index is 1.64. The third kappa shape index (κ3) is 4.92. The van der Waals surface area contributed by atoms with Gasteiger partial charge in [-0.25, -0.2) is 0 Å². The fraction of sp³-hybridized carbons (Fsp3) is 0.115. The van der Waals surface area contributed by atoms with Gasteiger partial charge in [-0.05, 0) is 31.2 Å². The van der Waals surface area contributed by atoms with Crippen molar-refractivity contribution in [1.82, 2.24) is 5.32 Å². The number of nitrogens with one attached hydrogen (secondary N) is 2. The fourth-order valence-corrected chi connectivity index (χ4v) is 4.62. The summed E-state index contributed by atoms with van der Waals surface area (Å²) in [5, 5.41) is 16.7. The van der Waals surface area contributed by atoms with Crippen LogP contribution in [0.3, 0.4) is 0 Å². The maximum Gasteiger partial charge on any atom is 0.254 e. The molecular formula is C26H21N3O3S. The number of ketones is 1. The molecule has 4 rings (SSSR count). The van der Waals surface area contributed by atoms with Crippen molar-refractivity contribution in [3.05, 3.63) is 112 Å². The van der Waals surface area contributed by atoms with Crippen molar-refractivity contribution in [3.63, 3.8) is 0 Å². The van der Waals surface area contributed by atoms with E-state index in [2.05, 4.69) is 16.7 Å². The normalized spacial score (nSPS) is 15.6. The van der Waals surface area contributed by atoms with Crippen molar-refractivity contribution in [2.24, 2.45) is 0 Å². The fourth-order valence-electron chi connectivity index (χ4n) is 3.63. The molecule has 7 heteroatoms. The Labute approximate surface area is 196 Å². The number of furan rings is 1. The number of nitriles is 1. The van der Waals surface area contributed by atoms with E-state index < -0.39 is 5.92 Å². The van der Waals surface area contributed by atoms with Crippen LogP contribution in [-0.2, 0) is 4.79 Å². The summed E-state index contributed by atoms with van der Waals surface area (Å²) in [5.74, 6) is -0.426. The summed E-state index contributed by atoms with van der Waals surface area (Å²) in [6, 6.07) is 23.8. The first-order chi connectivity index (χ1) is 16.1. The van der Waals surface area contributed by atoms with E-state index in [9.17, 15) is 14.9 Å².